The molecule has 0 unspecified atom stereocenters. The molecule has 1 aromatic heterocycles. The van der Waals surface area contributed by atoms with E-state index >= 15 is 0 Å². The molecule has 3 N–H and O–H groups in total. The van der Waals surface area contributed by atoms with Gasteiger partial charge in [0.1, 0.15) is 11.6 Å². The highest BCUT2D eigenvalue weighted by Gasteiger charge is 2.31. The molecule has 2 aromatic rings. The fraction of sp³-hybridized carbons (Fsp3) is 0.0909. The van der Waals surface area contributed by atoms with Gasteiger partial charge in [0.05, 0.1) is 11.8 Å². The monoisotopic (exact) mass is 304 g/mol. The average molecular weight is 304 g/mol. The second kappa shape index (κ2) is 5.45. The molecule has 0 atom stereocenters. The summed E-state index contributed by atoms with van der Waals surface area (Å²) in [6, 6.07) is 2.16. The molecule has 0 radical (unpaired) electrons. The first-order chi connectivity index (χ1) is 9.34. The third-order valence-electron chi connectivity index (χ3n) is 2.14. The molecule has 0 fully saturated rings. The van der Waals surface area contributed by atoms with E-state index in [1.165, 1.54) is 11.3 Å². The predicted octanol–water partition coefficient (Wildman–Crippen LogP) is 3.33. The Balaban J connectivity index is 2.15. The highest BCUT2D eigenvalue weighted by molar-refractivity contribution is 7.14. The number of hydrogen-bond acceptors (Lipinski definition) is 5. The minimum absolute atomic E-state index is 0.0191. The van der Waals surface area contributed by atoms with Crippen molar-refractivity contribution in [2.45, 2.75) is 6.18 Å². The Kier molecular flexibility index (Phi) is 3.89. The normalized spacial score (nSPS) is 12.0. The lowest BCUT2D eigenvalue weighted by Crippen LogP contribution is -2.06. The summed E-state index contributed by atoms with van der Waals surface area (Å²) in [5.74, 6) is -0.683. The van der Waals surface area contributed by atoms with Crippen LogP contribution in [0.15, 0.2) is 28.7 Å². The SMILES string of the molecule is Nc1csc(NN=Cc2cc(F)cc(C(F)(F)F)c2)n1. The van der Waals surface area contributed by atoms with E-state index in [1.54, 1.807) is 5.38 Å². The van der Waals surface area contributed by atoms with Crippen LogP contribution in [-0.2, 0) is 6.18 Å². The standard InChI is InChI=1S/C11H8F4N4S/c12-8-2-6(1-7(3-8)11(13,14)15)4-17-19-10-18-9(16)5-20-10/h1-5H,16H2,(H,18,19). The molecule has 0 saturated carbocycles. The summed E-state index contributed by atoms with van der Waals surface area (Å²) in [5, 5.41) is 5.62. The second-order valence-electron chi connectivity index (χ2n) is 3.72. The van der Waals surface area contributed by atoms with Crippen LogP contribution < -0.4 is 11.2 Å². The minimum atomic E-state index is -4.61. The number of nitrogens with zero attached hydrogens (tertiary/aromatic N) is 2. The summed E-state index contributed by atoms with van der Waals surface area (Å²) in [5.41, 5.74) is 6.78. The van der Waals surface area contributed by atoms with E-state index in [4.69, 9.17) is 5.73 Å². The number of aromatic nitrogens is 1. The van der Waals surface area contributed by atoms with Gasteiger partial charge < -0.3 is 5.73 Å². The molecule has 0 aliphatic carbocycles. The molecule has 106 valence electrons. The van der Waals surface area contributed by atoms with Gasteiger partial charge in [-0.15, -0.1) is 11.3 Å². The van der Waals surface area contributed by atoms with Crippen LogP contribution in [0.1, 0.15) is 11.1 Å². The maximum Gasteiger partial charge on any atom is 0.416 e. The first-order valence-corrected chi connectivity index (χ1v) is 6.10. The number of hydrogen-bond donors (Lipinski definition) is 2. The van der Waals surface area contributed by atoms with Crippen molar-refractivity contribution in [3.63, 3.8) is 0 Å². The zero-order valence-electron chi connectivity index (χ0n) is 9.78. The second-order valence-corrected chi connectivity index (χ2v) is 4.58. The number of halogens is 4. The highest BCUT2D eigenvalue weighted by Crippen LogP contribution is 2.30. The van der Waals surface area contributed by atoms with E-state index in [2.05, 4.69) is 15.5 Å². The van der Waals surface area contributed by atoms with E-state index in [0.717, 1.165) is 18.3 Å². The van der Waals surface area contributed by atoms with E-state index < -0.39 is 17.6 Å². The Morgan fingerprint density at radius 2 is 2.05 bits per heavy atom. The Morgan fingerprint density at radius 3 is 2.65 bits per heavy atom. The third-order valence-corrected chi connectivity index (χ3v) is 2.91. The molecule has 0 amide bonds. The summed E-state index contributed by atoms with van der Waals surface area (Å²) >= 11 is 1.18. The van der Waals surface area contributed by atoms with Gasteiger partial charge in [-0.1, -0.05) is 0 Å². The van der Waals surface area contributed by atoms with Crippen molar-refractivity contribution in [2.24, 2.45) is 5.10 Å². The van der Waals surface area contributed by atoms with Crippen LogP contribution in [-0.4, -0.2) is 11.2 Å². The van der Waals surface area contributed by atoms with Crippen molar-refractivity contribution in [1.29, 1.82) is 0 Å². The van der Waals surface area contributed by atoms with Crippen molar-refractivity contribution < 1.29 is 17.6 Å². The van der Waals surface area contributed by atoms with Crippen molar-refractivity contribution >= 4 is 28.5 Å². The van der Waals surface area contributed by atoms with Gasteiger partial charge in [0.15, 0.2) is 0 Å². The zero-order chi connectivity index (χ0) is 14.8. The largest absolute Gasteiger partial charge is 0.416 e. The van der Waals surface area contributed by atoms with Crippen molar-refractivity contribution in [1.82, 2.24) is 4.98 Å². The van der Waals surface area contributed by atoms with Crippen LogP contribution >= 0.6 is 11.3 Å². The van der Waals surface area contributed by atoms with Crippen LogP contribution in [0.3, 0.4) is 0 Å². The highest BCUT2D eigenvalue weighted by atomic mass is 32.1. The van der Waals surface area contributed by atoms with Gasteiger partial charge in [-0.2, -0.15) is 18.3 Å². The maximum atomic E-state index is 13.1. The van der Waals surface area contributed by atoms with Gasteiger partial charge in [-0.25, -0.2) is 9.37 Å². The van der Waals surface area contributed by atoms with Gasteiger partial charge in [-0.05, 0) is 23.8 Å². The number of thiazole rings is 1. The molecule has 9 heteroatoms. The van der Waals surface area contributed by atoms with Crippen LogP contribution in [0.2, 0.25) is 0 Å². The summed E-state index contributed by atoms with van der Waals surface area (Å²) in [7, 11) is 0. The number of alkyl halides is 3. The van der Waals surface area contributed by atoms with Crippen molar-refractivity contribution in [3.8, 4) is 0 Å². The number of nitrogen functional groups attached to an aromatic ring is 1. The molecule has 20 heavy (non-hydrogen) atoms. The third kappa shape index (κ3) is 3.67. The molecule has 2 rings (SSSR count). The summed E-state index contributed by atoms with van der Waals surface area (Å²) in [4.78, 5) is 3.83. The number of anilines is 2. The number of nitrogens with two attached hydrogens (primary N) is 1. The Hall–Kier alpha value is -2.16. The average Bonchev–Trinajstić information content (AvgIpc) is 2.73. The van der Waals surface area contributed by atoms with Crippen molar-refractivity contribution in [2.75, 3.05) is 11.2 Å². The van der Waals surface area contributed by atoms with Gasteiger partial charge in [-0.3, -0.25) is 5.43 Å². The Labute approximate surface area is 114 Å². The molecule has 1 heterocycles. The van der Waals surface area contributed by atoms with Crippen LogP contribution in [0, 0.1) is 5.82 Å². The smallest absolute Gasteiger partial charge is 0.383 e. The molecule has 0 saturated heterocycles. The van der Waals surface area contributed by atoms with Gasteiger partial charge in [0, 0.05) is 5.38 Å². The van der Waals surface area contributed by atoms with Gasteiger partial charge in [0.2, 0.25) is 5.13 Å². The van der Waals surface area contributed by atoms with Crippen molar-refractivity contribution in [3.05, 3.63) is 40.5 Å². The zero-order valence-corrected chi connectivity index (χ0v) is 10.6. The fourth-order valence-corrected chi connectivity index (χ4v) is 1.90. The van der Waals surface area contributed by atoms with Crippen LogP contribution in [0.5, 0.6) is 0 Å². The topological polar surface area (TPSA) is 63.3 Å². The van der Waals surface area contributed by atoms with Gasteiger partial charge in [0.25, 0.3) is 0 Å². The summed E-state index contributed by atoms with van der Waals surface area (Å²) in [6.07, 6.45) is -3.54. The van der Waals surface area contributed by atoms with Crippen LogP contribution in [0.25, 0.3) is 0 Å². The fourth-order valence-electron chi connectivity index (χ4n) is 1.35. The van der Waals surface area contributed by atoms with E-state index in [-0.39, 0.29) is 5.56 Å². The van der Waals surface area contributed by atoms with E-state index in [9.17, 15) is 17.6 Å². The number of benzene rings is 1. The first-order valence-electron chi connectivity index (χ1n) is 5.22. The quantitative estimate of drug-likeness (QED) is 0.519. The summed E-state index contributed by atoms with van der Waals surface area (Å²) < 4.78 is 50.6. The number of hydrazone groups is 1. The molecule has 0 bridgehead atoms. The van der Waals surface area contributed by atoms with E-state index in [0.29, 0.717) is 17.0 Å². The lowest BCUT2D eigenvalue weighted by atomic mass is 10.1. The van der Waals surface area contributed by atoms with E-state index in [1.807, 2.05) is 0 Å². The Morgan fingerprint density at radius 1 is 1.30 bits per heavy atom. The lowest BCUT2D eigenvalue weighted by Gasteiger charge is -2.07. The number of rotatable bonds is 3. The minimum Gasteiger partial charge on any atom is -0.383 e. The predicted molar refractivity (Wildman–Crippen MR) is 69.1 cm³/mol. The summed E-state index contributed by atoms with van der Waals surface area (Å²) in [6.45, 7) is 0. The molecular weight excluding hydrogens is 296 g/mol. The molecule has 4 nitrogen and oxygen atoms in total. The van der Waals surface area contributed by atoms with Gasteiger partial charge >= 0.3 is 6.18 Å². The molecule has 0 aliphatic rings. The van der Waals surface area contributed by atoms with Crippen LogP contribution in [0.4, 0.5) is 28.5 Å². The molecule has 0 spiro atoms. The lowest BCUT2D eigenvalue weighted by molar-refractivity contribution is -0.137. The Bertz CT molecular complexity index is 636. The first kappa shape index (κ1) is 14.3. The molecular formula is C11H8F4N4S. The maximum absolute atomic E-state index is 13.1. The molecule has 1 aromatic carbocycles. The number of nitrogens with one attached hydrogen (secondary N) is 1. The molecule has 0 aliphatic heterocycles.